The molecule has 0 saturated heterocycles. The van der Waals surface area contributed by atoms with Crippen LogP contribution in [-0.4, -0.2) is 21.2 Å². The van der Waals surface area contributed by atoms with Crippen molar-refractivity contribution >= 4 is 23.0 Å². The Labute approximate surface area is 114 Å². The minimum absolute atomic E-state index is 0.341. The number of anilines is 1. The van der Waals surface area contributed by atoms with Crippen molar-refractivity contribution in [3.8, 4) is 0 Å². The molecule has 18 heavy (non-hydrogen) atoms. The van der Waals surface area contributed by atoms with E-state index in [0.717, 1.165) is 17.9 Å². The monoisotopic (exact) mass is 266 g/mol. The molecule has 1 aromatic rings. The van der Waals surface area contributed by atoms with Crippen LogP contribution in [0.4, 0.5) is 5.82 Å². The van der Waals surface area contributed by atoms with Crippen LogP contribution < -0.4 is 11.1 Å². The molecule has 0 aliphatic rings. The molecule has 0 aliphatic carbocycles. The van der Waals surface area contributed by atoms with Crippen LogP contribution in [0.3, 0.4) is 0 Å². The Bertz CT molecular complexity index is 392. The van der Waals surface area contributed by atoms with Gasteiger partial charge in [0.15, 0.2) is 5.82 Å². The topological polar surface area (TPSA) is 63.8 Å². The van der Waals surface area contributed by atoms with E-state index in [0.29, 0.717) is 16.8 Å². The predicted octanol–water partition coefficient (Wildman–Crippen LogP) is 2.74. The lowest BCUT2D eigenvalue weighted by Crippen LogP contribution is -2.21. The molecule has 1 atom stereocenters. The molecule has 1 heterocycles. The first-order chi connectivity index (χ1) is 8.50. The van der Waals surface area contributed by atoms with Gasteiger partial charge in [0.2, 0.25) is 0 Å². The van der Waals surface area contributed by atoms with Gasteiger partial charge >= 0.3 is 0 Å². The average molecular weight is 266 g/mol. The molecule has 5 heteroatoms. The van der Waals surface area contributed by atoms with Crippen LogP contribution >= 0.6 is 12.2 Å². The fourth-order valence-electron chi connectivity index (χ4n) is 1.78. The molecule has 4 nitrogen and oxygen atoms in total. The quantitative estimate of drug-likeness (QED) is 0.743. The maximum Gasteiger partial charge on any atom is 0.159 e. The van der Waals surface area contributed by atoms with Crippen LogP contribution in [0.1, 0.15) is 45.6 Å². The van der Waals surface area contributed by atoms with E-state index in [1.807, 2.05) is 0 Å². The van der Waals surface area contributed by atoms with Gasteiger partial charge in [0.05, 0.1) is 11.8 Å². The van der Waals surface area contributed by atoms with Crippen LogP contribution in [0.5, 0.6) is 0 Å². The summed E-state index contributed by atoms with van der Waals surface area (Å²) < 4.78 is 0. The SMILES string of the molecule is CC(C)CCCC(C)Nc1nnccc1C(N)=S. The second-order valence-corrected chi connectivity index (χ2v) is 5.47. The number of nitrogens with one attached hydrogen (secondary N) is 1. The Morgan fingerprint density at radius 3 is 2.72 bits per heavy atom. The number of nitrogens with zero attached hydrogens (tertiary/aromatic N) is 2. The van der Waals surface area contributed by atoms with Crippen molar-refractivity contribution in [3.05, 3.63) is 17.8 Å². The molecule has 1 aromatic heterocycles. The summed E-state index contributed by atoms with van der Waals surface area (Å²) in [5, 5.41) is 11.2. The molecule has 0 aliphatic heterocycles. The van der Waals surface area contributed by atoms with E-state index >= 15 is 0 Å². The van der Waals surface area contributed by atoms with Gasteiger partial charge in [-0.3, -0.25) is 0 Å². The minimum Gasteiger partial charge on any atom is -0.389 e. The number of rotatable bonds is 7. The highest BCUT2D eigenvalue weighted by Crippen LogP contribution is 2.14. The maximum absolute atomic E-state index is 5.65. The average Bonchev–Trinajstić information content (AvgIpc) is 2.28. The van der Waals surface area contributed by atoms with Gasteiger partial charge in [-0.1, -0.05) is 38.9 Å². The molecular weight excluding hydrogens is 244 g/mol. The highest BCUT2D eigenvalue weighted by molar-refractivity contribution is 7.80. The van der Waals surface area contributed by atoms with Crippen LogP contribution in [0.25, 0.3) is 0 Å². The third kappa shape index (κ3) is 4.96. The van der Waals surface area contributed by atoms with E-state index in [-0.39, 0.29) is 0 Å². The summed E-state index contributed by atoms with van der Waals surface area (Å²) in [5.41, 5.74) is 6.41. The van der Waals surface area contributed by atoms with E-state index in [2.05, 4.69) is 36.3 Å². The molecule has 0 fully saturated rings. The van der Waals surface area contributed by atoms with Crippen molar-refractivity contribution in [1.82, 2.24) is 10.2 Å². The number of thiocarbonyl (C=S) groups is 1. The molecular formula is C13H22N4S. The zero-order valence-electron chi connectivity index (χ0n) is 11.3. The highest BCUT2D eigenvalue weighted by atomic mass is 32.1. The molecule has 100 valence electrons. The molecule has 0 radical (unpaired) electrons. The maximum atomic E-state index is 5.65. The summed E-state index contributed by atoms with van der Waals surface area (Å²) in [6.45, 7) is 6.62. The van der Waals surface area contributed by atoms with E-state index < -0.39 is 0 Å². The normalized spacial score (nSPS) is 12.4. The van der Waals surface area contributed by atoms with Crippen LogP contribution in [-0.2, 0) is 0 Å². The van der Waals surface area contributed by atoms with Gasteiger partial charge in [-0.15, -0.1) is 5.10 Å². The predicted molar refractivity (Wildman–Crippen MR) is 79.7 cm³/mol. The first kappa shape index (κ1) is 14.8. The lowest BCUT2D eigenvalue weighted by atomic mass is 10.0. The third-order valence-corrected chi connectivity index (χ3v) is 3.01. The standard InChI is InChI=1S/C13H22N4S/c1-9(2)5-4-6-10(3)16-13-11(12(14)18)7-8-15-17-13/h7-10H,4-6H2,1-3H3,(H2,14,18)(H,16,17). The Balaban J connectivity index is 2.53. The van der Waals surface area contributed by atoms with E-state index in [4.69, 9.17) is 18.0 Å². The lowest BCUT2D eigenvalue weighted by Gasteiger charge is -2.16. The van der Waals surface area contributed by atoms with Crippen molar-refractivity contribution in [2.24, 2.45) is 11.7 Å². The van der Waals surface area contributed by atoms with Gasteiger partial charge in [0, 0.05) is 6.04 Å². The molecule has 0 amide bonds. The lowest BCUT2D eigenvalue weighted by molar-refractivity contribution is 0.519. The van der Waals surface area contributed by atoms with Crippen LogP contribution in [0, 0.1) is 5.92 Å². The summed E-state index contributed by atoms with van der Waals surface area (Å²) >= 11 is 4.99. The molecule has 0 spiro atoms. The summed E-state index contributed by atoms with van der Waals surface area (Å²) in [6, 6.07) is 2.13. The molecule has 0 bridgehead atoms. The van der Waals surface area contributed by atoms with Crippen LogP contribution in [0.2, 0.25) is 0 Å². The highest BCUT2D eigenvalue weighted by Gasteiger charge is 2.10. The smallest absolute Gasteiger partial charge is 0.159 e. The third-order valence-electron chi connectivity index (χ3n) is 2.79. The van der Waals surface area contributed by atoms with Crippen molar-refractivity contribution in [3.63, 3.8) is 0 Å². The first-order valence-electron chi connectivity index (χ1n) is 6.38. The van der Waals surface area contributed by atoms with Gasteiger partial charge in [-0.2, -0.15) is 5.10 Å². The molecule has 0 saturated carbocycles. The summed E-state index contributed by atoms with van der Waals surface area (Å²) in [5.74, 6) is 1.43. The van der Waals surface area contributed by atoms with Crippen LogP contribution in [0.15, 0.2) is 12.3 Å². The largest absolute Gasteiger partial charge is 0.389 e. The van der Waals surface area contributed by atoms with E-state index in [1.165, 1.54) is 12.8 Å². The van der Waals surface area contributed by atoms with Gasteiger partial charge in [-0.25, -0.2) is 0 Å². The van der Waals surface area contributed by atoms with Crippen molar-refractivity contribution in [2.75, 3.05) is 5.32 Å². The van der Waals surface area contributed by atoms with Crippen molar-refractivity contribution in [2.45, 2.75) is 46.1 Å². The second kappa shape index (κ2) is 7.26. The summed E-state index contributed by atoms with van der Waals surface area (Å²) in [6.07, 6.45) is 5.15. The van der Waals surface area contributed by atoms with E-state index in [9.17, 15) is 0 Å². The zero-order chi connectivity index (χ0) is 13.5. The Morgan fingerprint density at radius 1 is 1.39 bits per heavy atom. The van der Waals surface area contributed by atoms with Gasteiger partial charge in [0.25, 0.3) is 0 Å². The summed E-state index contributed by atoms with van der Waals surface area (Å²) in [4.78, 5) is 0.349. The fraction of sp³-hybridized carbons (Fsp3) is 0.615. The van der Waals surface area contributed by atoms with Gasteiger partial charge < -0.3 is 11.1 Å². The Hall–Kier alpha value is -1.23. The molecule has 3 N–H and O–H groups in total. The van der Waals surface area contributed by atoms with Crippen molar-refractivity contribution in [1.29, 1.82) is 0 Å². The fourth-order valence-corrected chi connectivity index (χ4v) is 1.94. The number of nitrogens with two attached hydrogens (primary N) is 1. The van der Waals surface area contributed by atoms with Gasteiger partial charge in [0.1, 0.15) is 4.99 Å². The first-order valence-corrected chi connectivity index (χ1v) is 6.79. The second-order valence-electron chi connectivity index (χ2n) is 5.03. The zero-order valence-corrected chi connectivity index (χ0v) is 12.1. The molecule has 0 aromatic carbocycles. The Morgan fingerprint density at radius 2 is 2.11 bits per heavy atom. The number of aromatic nitrogens is 2. The molecule has 1 rings (SSSR count). The molecule has 1 unspecified atom stereocenters. The van der Waals surface area contributed by atoms with Crippen molar-refractivity contribution < 1.29 is 0 Å². The Kier molecular flexibility index (Phi) is 5.98. The summed E-state index contributed by atoms with van der Waals surface area (Å²) in [7, 11) is 0. The van der Waals surface area contributed by atoms with E-state index in [1.54, 1.807) is 12.3 Å². The number of hydrogen-bond donors (Lipinski definition) is 2. The minimum atomic E-state index is 0.341. The number of hydrogen-bond acceptors (Lipinski definition) is 4. The van der Waals surface area contributed by atoms with Gasteiger partial charge in [-0.05, 0) is 25.3 Å².